The molecule has 0 amide bonds. The van der Waals surface area contributed by atoms with E-state index < -0.39 is 0 Å². The van der Waals surface area contributed by atoms with Crippen molar-refractivity contribution in [3.63, 3.8) is 0 Å². The van der Waals surface area contributed by atoms with Gasteiger partial charge in [-0.15, -0.1) is 0 Å². The van der Waals surface area contributed by atoms with Crippen LogP contribution in [0.5, 0.6) is 11.5 Å². The molecule has 0 aliphatic carbocycles. The number of aromatic hydroxyl groups is 2. The van der Waals surface area contributed by atoms with Crippen molar-refractivity contribution in [1.82, 2.24) is 0 Å². The van der Waals surface area contributed by atoms with Crippen LogP contribution in [0.25, 0.3) is 10.8 Å². The predicted molar refractivity (Wildman–Crippen MR) is 120 cm³/mol. The van der Waals surface area contributed by atoms with Crippen molar-refractivity contribution in [3.05, 3.63) is 35.4 Å². The van der Waals surface area contributed by atoms with Gasteiger partial charge in [-0.2, -0.15) is 0 Å². The van der Waals surface area contributed by atoms with Crippen LogP contribution in [-0.4, -0.2) is 35.7 Å². The molecule has 0 aromatic heterocycles. The van der Waals surface area contributed by atoms with Crippen LogP contribution in [0.4, 0.5) is 0 Å². The van der Waals surface area contributed by atoms with Crippen LogP contribution in [0.3, 0.4) is 0 Å². The standard InChI is InChI=1S/C24H34N2O2/c1-3-5-7-9-15-25-17-21-19-11-14-24(28)22(20(19)12-13-23(21)27)18-26-16-10-8-6-4-2/h11-14,17-18,27-28H,3-10,15-16H2,1-2H3. The average Bonchev–Trinajstić information content (AvgIpc) is 2.70. The van der Waals surface area contributed by atoms with Crippen LogP contribution < -0.4 is 0 Å². The summed E-state index contributed by atoms with van der Waals surface area (Å²) in [6, 6.07) is 7.00. The zero-order valence-corrected chi connectivity index (χ0v) is 17.3. The number of phenols is 2. The van der Waals surface area contributed by atoms with Crippen molar-refractivity contribution in [1.29, 1.82) is 0 Å². The third kappa shape index (κ3) is 6.36. The Bertz CT molecular complexity index is 730. The van der Waals surface area contributed by atoms with Gasteiger partial charge in [-0.25, -0.2) is 0 Å². The molecule has 0 aliphatic rings. The van der Waals surface area contributed by atoms with E-state index in [0.29, 0.717) is 11.1 Å². The first-order valence-corrected chi connectivity index (χ1v) is 10.7. The van der Waals surface area contributed by atoms with Crippen molar-refractivity contribution >= 4 is 23.2 Å². The van der Waals surface area contributed by atoms with Gasteiger partial charge in [-0.3, -0.25) is 9.98 Å². The van der Waals surface area contributed by atoms with Crippen LogP contribution >= 0.6 is 0 Å². The molecule has 2 N–H and O–H groups in total. The molecule has 0 spiro atoms. The lowest BCUT2D eigenvalue weighted by Crippen LogP contribution is -1.93. The van der Waals surface area contributed by atoms with Gasteiger partial charge in [-0.1, -0.05) is 52.4 Å². The van der Waals surface area contributed by atoms with Gasteiger partial charge in [0, 0.05) is 36.6 Å². The molecule has 2 aromatic rings. The molecule has 0 radical (unpaired) electrons. The molecule has 0 bridgehead atoms. The Balaban J connectivity index is 2.19. The summed E-state index contributed by atoms with van der Waals surface area (Å²) in [5, 5.41) is 22.4. The number of fused-ring (bicyclic) bond motifs is 1. The summed E-state index contributed by atoms with van der Waals surface area (Å²) in [6.45, 7) is 5.91. The molecule has 0 heterocycles. The van der Waals surface area contributed by atoms with Crippen molar-refractivity contribution in [2.24, 2.45) is 9.98 Å². The minimum Gasteiger partial charge on any atom is -0.507 e. The molecule has 2 rings (SSSR count). The van der Waals surface area contributed by atoms with Gasteiger partial charge < -0.3 is 10.2 Å². The molecule has 0 atom stereocenters. The summed E-state index contributed by atoms with van der Waals surface area (Å²) in [5.74, 6) is 0.413. The number of unbranched alkanes of at least 4 members (excludes halogenated alkanes) is 6. The fourth-order valence-electron chi connectivity index (χ4n) is 3.27. The molecule has 0 saturated heterocycles. The van der Waals surface area contributed by atoms with E-state index in [4.69, 9.17) is 0 Å². The van der Waals surface area contributed by atoms with Gasteiger partial charge in [0.1, 0.15) is 11.5 Å². The van der Waals surface area contributed by atoms with E-state index in [0.717, 1.165) is 36.7 Å². The van der Waals surface area contributed by atoms with Crippen LogP contribution in [-0.2, 0) is 0 Å². The summed E-state index contributed by atoms with van der Waals surface area (Å²) in [4.78, 5) is 9.00. The Kier molecular flexibility index (Phi) is 9.53. The van der Waals surface area contributed by atoms with Crippen LogP contribution in [0.2, 0.25) is 0 Å². The van der Waals surface area contributed by atoms with Crippen molar-refractivity contribution in [2.75, 3.05) is 13.1 Å². The zero-order valence-electron chi connectivity index (χ0n) is 17.3. The third-order valence-electron chi connectivity index (χ3n) is 4.96. The molecule has 0 saturated carbocycles. The first-order valence-electron chi connectivity index (χ1n) is 10.7. The number of rotatable bonds is 12. The summed E-state index contributed by atoms with van der Waals surface area (Å²) >= 11 is 0. The van der Waals surface area contributed by atoms with E-state index in [1.807, 2.05) is 12.1 Å². The first-order chi connectivity index (χ1) is 13.7. The number of nitrogens with zero attached hydrogens (tertiary/aromatic N) is 2. The Morgan fingerprint density at radius 2 is 1.07 bits per heavy atom. The molecule has 152 valence electrons. The molecule has 0 fully saturated rings. The highest BCUT2D eigenvalue weighted by Crippen LogP contribution is 2.31. The minimum absolute atomic E-state index is 0.206. The highest BCUT2D eigenvalue weighted by atomic mass is 16.3. The topological polar surface area (TPSA) is 65.2 Å². The third-order valence-corrected chi connectivity index (χ3v) is 4.96. The van der Waals surface area contributed by atoms with Gasteiger partial charge >= 0.3 is 0 Å². The van der Waals surface area contributed by atoms with Gasteiger partial charge in [0.15, 0.2) is 0 Å². The second kappa shape index (κ2) is 12.2. The highest BCUT2D eigenvalue weighted by molar-refractivity contribution is 6.09. The van der Waals surface area contributed by atoms with E-state index in [1.54, 1.807) is 24.6 Å². The average molecular weight is 383 g/mol. The minimum atomic E-state index is 0.206. The highest BCUT2D eigenvalue weighted by Gasteiger charge is 2.10. The van der Waals surface area contributed by atoms with Crippen LogP contribution in [0.15, 0.2) is 34.3 Å². The Labute approximate surface area is 169 Å². The maximum absolute atomic E-state index is 10.3. The lowest BCUT2D eigenvalue weighted by Gasteiger charge is -2.09. The maximum Gasteiger partial charge on any atom is 0.124 e. The fraction of sp³-hybridized carbons (Fsp3) is 0.500. The number of hydrogen-bond acceptors (Lipinski definition) is 4. The van der Waals surface area contributed by atoms with Crippen molar-refractivity contribution in [3.8, 4) is 11.5 Å². The molecule has 0 aliphatic heterocycles. The smallest absolute Gasteiger partial charge is 0.124 e. The summed E-state index contributed by atoms with van der Waals surface area (Å²) in [7, 11) is 0. The Morgan fingerprint density at radius 3 is 1.46 bits per heavy atom. The van der Waals surface area contributed by atoms with Gasteiger partial charge in [-0.05, 0) is 47.9 Å². The number of aliphatic imine (C=N–C) groups is 2. The van der Waals surface area contributed by atoms with Crippen molar-refractivity contribution in [2.45, 2.75) is 65.2 Å². The fourth-order valence-corrected chi connectivity index (χ4v) is 3.27. The van der Waals surface area contributed by atoms with Gasteiger partial charge in [0.25, 0.3) is 0 Å². The van der Waals surface area contributed by atoms with E-state index >= 15 is 0 Å². The normalized spacial score (nSPS) is 11.9. The Hall–Kier alpha value is -2.36. The quantitative estimate of drug-likeness (QED) is 0.336. The lowest BCUT2D eigenvalue weighted by molar-refractivity contribution is 0.473. The lowest BCUT2D eigenvalue weighted by atomic mass is 9.99. The largest absolute Gasteiger partial charge is 0.507 e. The van der Waals surface area contributed by atoms with Crippen molar-refractivity contribution < 1.29 is 10.2 Å². The molecular weight excluding hydrogens is 348 g/mol. The van der Waals surface area contributed by atoms with E-state index in [1.165, 1.54) is 38.5 Å². The number of phenolic OH excluding ortho intramolecular Hbond substituents is 2. The summed E-state index contributed by atoms with van der Waals surface area (Å²) in [6.07, 6.45) is 12.9. The Morgan fingerprint density at radius 1 is 0.643 bits per heavy atom. The van der Waals surface area contributed by atoms with E-state index in [-0.39, 0.29) is 11.5 Å². The predicted octanol–water partition coefficient (Wildman–Crippen LogP) is 6.25. The summed E-state index contributed by atoms with van der Waals surface area (Å²) < 4.78 is 0. The SMILES string of the molecule is CCCCCCN=Cc1c(O)ccc2c(C=NCCCCCC)c(O)ccc12. The van der Waals surface area contributed by atoms with Gasteiger partial charge in [0.05, 0.1) is 0 Å². The first kappa shape index (κ1) is 21.9. The van der Waals surface area contributed by atoms with E-state index in [9.17, 15) is 10.2 Å². The molecule has 28 heavy (non-hydrogen) atoms. The molecule has 2 aromatic carbocycles. The van der Waals surface area contributed by atoms with Crippen LogP contribution in [0.1, 0.15) is 76.3 Å². The number of benzene rings is 2. The monoisotopic (exact) mass is 382 g/mol. The molecule has 4 heteroatoms. The summed E-state index contributed by atoms with van der Waals surface area (Å²) in [5.41, 5.74) is 1.40. The maximum atomic E-state index is 10.3. The zero-order chi connectivity index (χ0) is 20.2. The number of hydrogen-bond donors (Lipinski definition) is 2. The van der Waals surface area contributed by atoms with Crippen LogP contribution in [0, 0.1) is 0 Å². The van der Waals surface area contributed by atoms with Gasteiger partial charge in [0.2, 0.25) is 0 Å². The molecular formula is C24H34N2O2. The second-order valence-electron chi connectivity index (χ2n) is 7.28. The molecule has 0 unspecified atom stereocenters. The van der Waals surface area contributed by atoms with E-state index in [2.05, 4.69) is 23.8 Å². The second-order valence-corrected chi connectivity index (χ2v) is 7.28. The molecule has 4 nitrogen and oxygen atoms in total.